The summed E-state index contributed by atoms with van der Waals surface area (Å²) in [5, 5.41) is 14.3. The number of carbonyl (C=O) groups excluding carboxylic acids is 1. The summed E-state index contributed by atoms with van der Waals surface area (Å²) < 4.78 is 13.1. The second-order valence-electron chi connectivity index (χ2n) is 6.05. The summed E-state index contributed by atoms with van der Waals surface area (Å²) in [7, 11) is 0. The van der Waals surface area contributed by atoms with Gasteiger partial charge in [-0.1, -0.05) is 30.3 Å². The van der Waals surface area contributed by atoms with E-state index in [-0.39, 0.29) is 17.9 Å². The SMILES string of the molecule is O=C(CC(Nc1ccccc1)c1cccc([N+](=O)[O-])c1)c1ccc(F)cc1. The quantitative estimate of drug-likeness (QED) is 0.357. The first-order chi connectivity index (χ1) is 13.0. The molecular formula is C21H17FN2O3. The van der Waals surface area contributed by atoms with Gasteiger partial charge in [-0.05, 0) is 42.0 Å². The smallest absolute Gasteiger partial charge is 0.269 e. The van der Waals surface area contributed by atoms with E-state index in [9.17, 15) is 19.3 Å². The number of para-hydroxylation sites is 1. The van der Waals surface area contributed by atoms with Crippen LogP contribution in [-0.2, 0) is 0 Å². The summed E-state index contributed by atoms with van der Waals surface area (Å²) in [5.41, 5.74) is 1.77. The van der Waals surface area contributed by atoms with Crippen molar-refractivity contribution in [3.63, 3.8) is 0 Å². The predicted octanol–water partition coefficient (Wildman–Crippen LogP) is 5.16. The van der Waals surface area contributed by atoms with Crippen LogP contribution in [0.1, 0.15) is 28.4 Å². The number of non-ortho nitro benzene ring substituents is 1. The van der Waals surface area contributed by atoms with Gasteiger partial charge < -0.3 is 5.32 Å². The molecule has 1 atom stereocenters. The van der Waals surface area contributed by atoms with Crippen molar-refractivity contribution in [2.75, 3.05) is 5.32 Å². The molecule has 1 N–H and O–H groups in total. The minimum Gasteiger partial charge on any atom is -0.378 e. The van der Waals surface area contributed by atoms with E-state index in [1.165, 1.54) is 36.4 Å². The number of hydrogen-bond donors (Lipinski definition) is 1. The number of nitro benzene ring substituents is 1. The van der Waals surface area contributed by atoms with Crippen LogP contribution >= 0.6 is 0 Å². The summed E-state index contributed by atoms with van der Waals surface area (Å²) in [6, 6.07) is 20.4. The Morgan fingerprint density at radius 3 is 2.37 bits per heavy atom. The molecule has 0 aliphatic carbocycles. The summed E-state index contributed by atoms with van der Waals surface area (Å²) in [6.07, 6.45) is 0.0711. The van der Waals surface area contributed by atoms with Crippen LogP contribution in [0.4, 0.5) is 15.8 Å². The average molecular weight is 364 g/mol. The Kier molecular flexibility index (Phi) is 5.56. The summed E-state index contributed by atoms with van der Waals surface area (Å²) in [5.74, 6) is -0.598. The van der Waals surface area contributed by atoms with Crippen molar-refractivity contribution < 1.29 is 14.1 Å². The molecule has 0 spiro atoms. The number of nitrogens with one attached hydrogen (secondary N) is 1. The van der Waals surface area contributed by atoms with Gasteiger partial charge in [0.05, 0.1) is 11.0 Å². The molecule has 0 bridgehead atoms. The summed E-state index contributed by atoms with van der Waals surface area (Å²) in [4.78, 5) is 23.3. The van der Waals surface area contributed by atoms with Gasteiger partial charge in [0.15, 0.2) is 5.78 Å². The Morgan fingerprint density at radius 2 is 1.70 bits per heavy atom. The molecule has 0 heterocycles. The number of halogens is 1. The highest BCUT2D eigenvalue weighted by molar-refractivity contribution is 5.96. The molecule has 0 aromatic heterocycles. The molecule has 0 aliphatic rings. The van der Waals surface area contributed by atoms with Crippen molar-refractivity contribution in [3.05, 3.63) is 106 Å². The normalized spacial score (nSPS) is 11.6. The molecule has 5 nitrogen and oxygen atoms in total. The van der Waals surface area contributed by atoms with E-state index in [4.69, 9.17) is 0 Å². The lowest BCUT2D eigenvalue weighted by atomic mass is 9.97. The van der Waals surface area contributed by atoms with Gasteiger partial charge in [-0.25, -0.2) is 4.39 Å². The fraction of sp³-hybridized carbons (Fsp3) is 0.0952. The molecule has 0 amide bonds. The van der Waals surface area contributed by atoms with E-state index in [1.807, 2.05) is 30.3 Å². The lowest BCUT2D eigenvalue weighted by Gasteiger charge is -2.20. The molecule has 0 radical (unpaired) electrons. The third kappa shape index (κ3) is 4.76. The third-order valence-electron chi connectivity index (χ3n) is 4.15. The van der Waals surface area contributed by atoms with Crippen molar-refractivity contribution in [1.82, 2.24) is 0 Å². The molecule has 0 saturated heterocycles. The lowest BCUT2D eigenvalue weighted by molar-refractivity contribution is -0.384. The van der Waals surface area contributed by atoms with Crippen LogP contribution in [0.25, 0.3) is 0 Å². The van der Waals surface area contributed by atoms with Crippen molar-refractivity contribution in [3.8, 4) is 0 Å². The van der Waals surface area contributed by atoms with Crippen LogP contribution < -0.4 is 5.32 Å². The van der Waals surface area contributed by atoms with Crippen LogP contribution in [0.3, 0.4) is 0 Å². The van der Waals surface area contributed by atoms with E-state index < -0.39 is 16.8 Å². The molecular weight excluding hydrogens is 347 g/mol. The van der Waals surface area contributed by atoms with Gasteiger partial charge in [0.1, 0.15) is 5.82 Å². The van der Waals surface area contributed by atoms with Gasteiger partial charge in [0, 0.05) is 29.8 Å². The Hall–Kier alpha value is -3.54. The van der Waals surface area contributed by atoms with Crippen LogP contribution in [-0.4, -0.2) is 10.7 Å². The fourth-order valence-electron chi connectivity index (χ4n) is 2.78. The number of nitrogens with zero attached hydrogens (tertiary/aromatic N) is 1. The molecule has 0 saturated carbocycles. The maximum absolute atomic E-state index is 13.1. The van der Waals surface area contributed by atoms with Gasteiger partial charge >= 0.3 is 0 Å². The van der Waals surface area contributed by atoms with E-state index >= 15 is 0 Å². The highest BCUT2D eigenvalue weighted by atomic mass is 19.1. The van der Waals surface area contributed by atoms with Gasteiger partial charge in [-0.3, -0.25) is 14.9 Å². The number of benzene rings is 3. The van der Waals surface area contributed by atoms with Crippen LogP contribution in [0.15, 0.2) is 78.9 Å². The second kappa shape index (κ2) is 8.23. The van der Waals surface area contributed by atoms with E-state index in [1.54, 1.807) is 12.1 Å². The Bertz CT molecular complexity index is 943. The van der Waals surface area contributed by atoms with Crippen LogP contribution in [0.2, 0.25) is 0 Å². The Balaban J connectivity index is 1.89. The van der Waals surface area contributed by atoms with Gasteiger partial charge in [-0.15, -0.1) is 0 Å². The number of rotatable bonds is 7. The third-order valence-corrected chi connectivity index (χ3v) is 4.15. The molecule has 1 unspecified atom stereocenters. The molecule has 3 aromatic carbocycles. The first-order valence-electron chi connectivity index (χ1n) is 8.37. The maximum atomic E-state index is 13.1. The predicted molar refractivity (Wildman–Crippen MR) is 101 cm³/mol. The first-order valence-corrected chi connectivity index (χ1v) is 8.37. The zero-order chi connectivity index (χ0) is 19.2. The molecule has 136 valence electrons. The van der Waals surface area contributed by atoms with Gasteiger partial charge in [0.25, 0.3) is 5.69 Å². The molecule has 0 fully saturated rings. The maximum Gasteiger partial charge on any atom is 0.269 e. The topological polar surface area (TPSA) is 72.2 Å². The first kappa shape index (κ1) is 18.3. The minimum atomic E-state index is -0.468. The standard InChI is InChI=1S/C21H17FN2O3/c22-17-11-9-15(10-12-17)21(25)14-20(23-18-6-2-1-3-7-18)16-5-4-8-19(13-16)24(26)27/h1-13,20,23H,14H2. The zero-order valence-electron chi connectivity index (χ0n) is 14.3. The van der Waals surface area contributed by atoms with Gasteiger partial charge in [0.2, 0.25) is 0 Å². The van der Waals surface area contributed by atoms with Crippen LogP contribution in [0.5, 0.6) is 0 Å². The van der Waals surface area contributed by atoms with Crippen molar-refractivity contribution in [2.45, 2.75) is 12.5 Å². The number of Topliss-reactive ketones (excluding diaryl/α,β-unsaturated/α-hetero) is 1. The monoisotopic (exact) mass is 364 g/mol. The number of ketones is 1. The Labute approximate surface area is 155 Å². The molecule has 6 heteroatoms. The number of hydrogen-bond acceptors (Lipinski definition) is 4. The van der Waals surface area contributed by atoms with Crippen molar-refractivity contribution >= 4 is 17.2 Å². The van der Waals surface area contributed by atoms with E-state index in [2.05, 4.69) is 5.32 Å². The van der Waals surface area contributed by atoms with Crippen molar-refractivity contribution in [1.29, 1.82) is 0 Å². The highest BCUT2D eigenvalue weighted by Crippen LogP contribution is 2.27. The van der Waals surface area contributed by atoms with Gasteiger partial charge in [-0.2, -0.15) is 0 Å². The molecule has 3 rings (SSSR count). The highest BCUT2D eigenvalue weighted by Gasteiger charge is 2.19. The zero-order valence-corrected chi connectivity index (χ0v) is 14.3. The number of nitro groups is 1. The Morgan fingerprint density at radius 1 is 1.00 bits per heavy atom. The van der Waals surface area contributed by atoms with Crippen molar-refractivity contribution in [2.24, 2.45) is 0 Å². The van der Waals surface area contributed by atoms with Crippen LogP contribution in [0, 0.1) is 15.9 Å². The average Bonchev–Trinajstić information content (AvgIpc) is 2.69. The lowest BCUT2D eigenvalue weighted by Crippen LogP contribution is -2.16. The van der Waals surface area contributed by atoms with E-state index in [0.717, 1.165) is 5.69 Å². The number of carbonyl (C=O) groups is 1. The minimum absolute atomic E-state index is 0.0402. The molecule has 3 aromatic rings. The fourth-order valence-corrected chi connectivity index (χ4v) is 2.78. The largest absolute Gasteiger partial charge is 0.378 e. The molecule has 27 heavy (non-hydrogen) atoms. The second-order valence-corrected chi connectivity index (χ2v) is 6.05. The number of anilines is 1. The van der Waals surface area contributed by atoms with E-state index in [0.29, 0.717) is 11.1 Å². The summed E-state index contributed by atoms with van der Waals surface area (Å²) in [6.45, 7) is 0. The summed E-state index contributed by atoms with van der Waals surface area (Å²) >= 11 is 0. The molecule has 0 aliphatic heterocycles.